The fourth-order valence-electron chi connectivity index (χ4n) is 3.76. The van der Waals surface area contributed by atoms with Crippen LogP contribution in [0, 0.1) is 19.3 Å². The molecule has 2 aliphatic heterocycles. The number of nitrogens with zero attached hydrogens (tertiary/aromatic N) is 2. The molecular weight excluding hydrogens is 344 g/mol. The maximum Gasteiger partial charge on any atom is 0.294 e. The van der Waals surface area contributed by atoms with Crippen LogP contribution in [0.25, 0.3) is 6.08 Å². The van der Waals surface area contributed by atoms with Crippen LogP contribution in [0.5, 0.6) is 0 Å². The first-order valence-corrected chi connectivity index (χ1v) is 9.54. The third-order valence-electron chi connectivity index (χ3n) is 5.43. The van der Waals surface area contributed by atoms with Gasteiger partial charge < -0.3 is 4.90 Å². The number of fused-ring (bicyclic) bond motifs is 1. The largest absolute Gasteiger partial charge is 0.369 e. The van der Waals surface area contributed by atoms with Crippen LogP contribution in [0.4, 0.5) is 10.5 Å². The van der Waals surface area contributed by atoms with E-state index in [0.29, 0.717) is 10.8 Å². The maximum absolute atomic E-state index is 12.4. The summed E-state index contributed by atoms with van der Waals surface area (Å²) in [4.78, 5) is 28.3. The van der Waals surface area contributed by atoms with Crippen molar-refractivity contribution in [2.45, 2.75) is 45.6 Å². The van der Waals surface area contributed by atoms with Gasteiger partial charge in [-0.25, -0.2) is 0 Å². The molecule has 136 valence electrons. The molecule has 2 amide bonds. The Kier molecular flexibility index (Phi) is 4.66. The Morgan fingerprint density at radius 2 is 2.08 bits per heavy atom. The molecule has 1 aromatic rings. The Morgan fingerprint density at radius 1 is 1.38 bits per heavy atom. The average Bonchev–Trinajstić information content (AvgIpc) is 2.82. The highest BCUT2D eigenvalue weighted by molar-refractivity contribution is 8.18. The first-order chi connectivity index (χ1) is 12.2. The number of anilines is 1. The second-order valence-corrected chi connectivity index (χ2v) is 8.71. The minimum Gasteiger partial charge on any atom is -0.369 e. The van der Waals surface area contributed by atoms with Gasteiger partial charge in [-0.15, -0.1) is 6.42 Å². The van der Waals surface area contributed by atoms with Gasteiger partial charge in [0.05, 0.1) is 11.4 Å². The highest BCUT2D eigenvalue weighted by Gasteiger charge is 2.36. The number of amides is 2. The van der Waals surface area contributed by atoms with Crippen LogP contribution in [0.3, 0.4) is 0 Å². The summed E-state index contributed by atoms with van der Waals surface area (Å²) in [5.74, 6) is 2.49. The summed E-state index contributed by atoms with van der Waals surface area (Å²) in [5, 5.41) is -0.301. The fraction of sp³-hybridized carbons (Fsp3) is 0.429. The van der Waals surface area contributed by atoms with Gasteiger partial charge >= 0.3 is 0 Å². The van der Waals surface area contributed by atoms with Crippen molar-refractivity contribution in [3.05, 3.63) is 33.7 Å². The molecule has 0 radical (unpaired) electrons. The molecule has 1 fully saturated rings. The monoisotopic (exact) mass is 368 g/mol. The van der Waals surface area contributed by atoms with E-state index in [4.69, 9.17) is 6.42 Å². The number of thioether (sulfide) groups is 1. The highest BCUT2D eigenvalue weighted by atomic mass is 32.2. The molecular formula is C21H24N2O2S. The van der Waals surface area contributed by atoms with Crippen LogP contribution in [0.2, 0.25) is 0 Å². The minimum atomic E-state index is -0.304. The van der Waals surface area contributed by atoms with Gasteiger partial charge in [0, 0.05) is 18.3 Å². The third kappa shape index (κ3) is 3.03. The lowest BCUT2D eigenvalue weighted by atomic mass is 9.79. The van der Waals surface area contributed by atoms with Gasteiger partial charge in [0.15, 0.2) is 0 Å². The number of terminal acetylenes is 1. The van der Waals surface area contributed by atoms with E-state index in [2.05, 4.69) is 50.8 Å². The molecule has 1 atom stereocenters. The molecule has 1 unspecified atom stereocenters. The molecule has 0 bridgehead atoms. The Balaban J connectivity index is 2.02. The topological polar surface area (TPSA) is 40.6 Å². The van der Waals surface area contributed by atoms with Gasteiger partial charge in [-0.2, -0.15) is 0 Å². The fourth-order valence-corrected chi connectivity index (χ4v) is 4.59. The highest BCUT2D eigenvalue weighted by Crippen LogP contribution is 2.44. The first-order valence-electron chi connectivity index (χ1n) is 8.73. The molecule has 0 saturated carbocycles. The lowest BCUT2D eigenvalue weighted by molar-refractivity contribution is -0.122. The zero-order valence-corrected chi connectivity index (χ0v) is 16.7. The number of hydrogen-bond acceptors (Lipinski definition) is 4. The molecule has 1 saturated heterocycles. The van der Waals surface area contributed by atoms with Crippen LogP contribution in [-0.2, 0) is 4.79 Å². The molecule has 3 rings (SSSR count). The molecule has 26 heavy (non-hydrogen) atoms. The van der Waals surface area contributed by atoms with E-state index >= 15 is 0 Å². The zero-order valence-electron chi connectivity index (χ0n) is 15.9. The SMILES string of the molecule is C#CCN1C(=O)S/C(=C\c2cc3c(cc2C)N(C)C(C)(C)CC3C)C1=O. The molecule has 1 aromatic carbocycles. The van der Waals surface area contributed by atoms with Crippen molar-refractivity contribution in [3.8, 4) is 12.3 Å². The third-order valence-corrected chi connectivity index (χ3v) is 6.34. The summed E-state index contributed by atoms with van der Waals surface area (Å²) >= 11 is 0.956. The molecule has 5 heteroatoms. The Hall–Kier alpha value is -2.19. The van der Waals surface area contributed by atoms with Crippen molar-refractivity contribution in [1.82, 2.24) is 4.90 Å². The van der Waals surface area contributed by atoms with Crippen LogP contribution < -0.4 is 4.90 Å². The van der Waals surface area contributed by atoms with Gasteiger partial charge in [0.2, 0.25) is 0 Å². The Morgan fingerprint density at radius 3 is 2.73 bits per heavy atom. The van der Waals surface area contributed by atoms with E-state index in [9.17, 15) is 9.59 Å². The van der Waals surface area contributed by atoms with E-state index in [1.54, 1.807) is 0 Å². The van der Waals surface area contributed by atoms with E-state index < -0.39 is 0 Å². The van der Waals surface area contributed by atoms with Crippen LogP contribution in [0.1, 0.15) is 49.8 Å². The molecule has 0 aliphatic carbocycles. The van der Waals surface area contributed by atoms with Crippen molar-refractivity contribution < 1.29 is 9.59 Å². The number of carbonyl (C=O) groups is 2. The molecule has 4 nitrogen and oxygen atoms in total. The molecule has 2 heterocycles. The lowest BCUT2D eigenvalue weighted by Gasteiger charge is -2.45. The Labute approximate surface area is 159 Å². The average molecular weight is 369 g/mol. The summed E-state index contributed by atoms with van der Waals surface area (Å²) in [5.41, 5.74) is 4.70. The number of rotatable bonds is 2. The van der Waals surface area contributed by atoms with E-state index in [1.165, 1.54) is 11.3 Å². The number of aryl methyl sites for hydroxylation is 1. The van der Waals surface area contributed by atoms with Gasteiger partial charge in [-0.05, 0) is 79.8 Å². The van der Waals surface area contributed by atoms with E-state index in [1.807, 2.05) is 13.0 Å². The Bertz CT molecular complexity index is 863. The number of carbonyl (C=O) groups excluding carboxylic acids is 2. The van der Waals surface area contributed by atoms with E-state index in [0.717, 1.165) is 34.2 Å². The summed E-state index contributed by atoms with van der Waals surface area (Å²) in [6.07, 6.45) is 8.14. The van der Waals surface area contributed by atoms with E-state index in [-0.39, 0.29) is 23.2 Å². The van der Waals surface area contributed by atoms with Crippen LogP contribution in [0.15, 0.2) is 17.0 Å². The second kappa shape index (κ2) is 6.51. The molecule has 0 aromatic heterocycles. The van der Waals surface area contributed by atoms with Gasteiger partial charge in [0.25, 0.3) is 11.1 Å². The summed E-state index contributed by atoms with van der Waals surface area (Å²) in [7, 11) is 2.13. The van der Waals surface area contributed by atoms with Crippen LogP contribution in [-0.4, -0.2) is 35.2 Å². The van der Waals surface area contributed by atoms with Crippen molar-refractivity contribution in [2.24, 2.45) is 0 Å². The summed E-state index contributed by atoms with van der Waals surface area (Å²) in [6.45, 7) is 8.82. The van der Waals surface area contributed by atoms with Gasteiger partial charge in [0.1, 0.15) is 0 Å². The number of benzene rings is 1. The molecule has 0 N–H and O–H groups in total. The van der Waals surface area contributed by atoms with Crippen molar-refractivity contribution in [2.75, 3.05) is 18.5 Å². The molecule has 0 spiro atoms. The first kappa shape index (κ1) is 18.6. The predicted molar refractivity (Wildman–Crippen MR) is 108 cm³/mol. The lowest BCUT2D eigenvalue weighted by Crippen LogP contribution is -2.45. The summed E-state index contributed by atoms with van der Waals surface area (Å²) in [6, 6.07) is 4.35. The van der Waals surface area contributed by atoms with Crippen molar-refractivity contribution in [1.29, 1.82) is 0 Å². The zero-order chi connectivity index (χ0) is 19.2. The van der Waals surface area contributed by atoms with Gasteiger partial charge in [-0.1, -0.05) is 12.8 Å². The number of imide groups is 1. The minimum absolute atomic E-state index is 0.0160. The normalized spacial score (nSPS) is 23.4. The van der Waals surface area contributed by atoms with Crippen molar-refractivity contribution in [3.63, 3.8) is 0 Å². The van der Waals surface area contributed by atoms with Crippen LogP contribution >= 0.6 is 11.8 Å². The van der Waals surface area contributed by atoms with Gasteiger partial charge in [-0.3, -0.25) is 14.5 Å². The quantitative estimate of drug-likeness (QED) is 0.573. The standard InChI is InChI=1S/C21H24N2O2S/c1-7-8-23-19(24)18(26-20(23)25)11-15-10-16-14(3)12-21(4,5)22(6)17(16)9-13(15)2/h1,9-11,14H,8,12H2,2-6H3/b18-11-. The predicted octanol–water partition coefficient (Wildman–Crippen LogP) is 4.39. The van der Waals surface area contributed by atoms with Crippen molar-refractivity contribution >= 4 is 34.7 Å². The molecule has 2 aliphatic rings. The second-order valence-electron chi connectivity index (χ2n) is 7.72. The maximum atomic E-state index is 12.4. The summed E-state index contributed by atoms with van der Waals surface area (Å²) < 4.78 is 0. The number of hydrogen-bond donors (Lipinski definition) is 0. The smallest absolute Gasteiger partial charge is 0.294 e.